The van der Waals surface area contributed by atoms with Crippen LogP contribution in [0.1, 0.15) is 62.0 Å². The van der Waals surface area contributed by atoms with Gasteiger partial charge in [-0.05, 0) is 68.1 Å². The molecule has 2 saturated carbocycles. The molecule has 3 N–H and O–H groups in total. The van der Waals surface area contributed by atoms with E-state index < -0.39 is 21.4 Å². The third kappa shape index (κ3) is 8.42. The van der Waals surface area contributed by atoms with Crippen molar-refractivity contribution in [3.8, 4) is 5.75 Å². The van der Waals surface area contributed by atoms with Crippen LogP contribution < -0.4 is 15.2 Å². The molecule has 0 heterocycles. The zero-order valence-electron chi connectivity index (χ0n) is 22.8. The summed E-state index contributed by atoms with van der Waals surface area (Å²) >= 11 is 5.64. The van der Waals surface area contributed by atoms with Crippen molar-refractivity contribution in [2.75, 3.05) is 18.7 Å². The fourth-order valence-electron chi connectivity index (χ4n) is 5.63. The number of sulfonamides is 1. The summed E-state index contributed by atoms with van der Waals surface area (Å²) < 4.78 is 38.7. The lowest BCUT2D eigenvalue weighted by atomic mass is 9.82. The van der Waals surface area contributed by atoms with Crippen molar-refractivity contribution in [2.24, 2.45) is 16.3 Å². The van der Waals surface area contributed by atoms with Crippen LogP contribution in [0.25, 0.3) is 0 Å². The molecule has 0 aliphatic heterocycles. The number of para-hydroxylation sites is 1. The summed E-state index contributed by atoms with van der Waals surface area (Å²) in [5.41, 5.74) is 6.90. The number of carbonyl (C=O) groups excluding carboxylic acids is 1. The van der Waals surface area contributed by atoms with Gasteiger partial charge in [-0.2, -0.15) is 0 Å². The van der Waals surface area contributed by atoms with Crippen LogP contribution in [0.4, 0.5) is 0 Å². The minimum Gasteiger partial charge on any atom is -0.489 e. The highest BCUT2D eigenvalue weighted by Crippen LogP contribution is 2.43. The van der Waals surface area contributed by atoms with Crippen molar-refractivity contribution < 1.29 is 27.5 Å². The molecule has 4 rings (SSSR count). The Bertz CT molecular complexity index is 1270. The average Bonchev–Trinajstić information content (AvgIpc) is 3.37. The number of carbonyl (C=O) groups is 1. The van der Waals surface area contributed by atoms with Crippen LogP contribution in [0.3, 0.4) is 0 Å². The lowest BCUT2D eigenvalue weighted by Gasteiger charge is -2.33. The number of alkyl halides is 1. The predicted molar refractivity (Wildman–Crippen MR) is 155 cm³/mol. The van der Waals surface area contributed by atoms with E-state index in [1.165, 1.54) is 5.56 Å². The van der Waals surface area contributed by atoms with E-state index in [-0.39, 0.29) is 36.9 Å². The van der Waals surface area contributed by atoms with Gasteiger partial charge in [0.1, 0.15) is 12.4 Å². The fourth-order valence-corrected chi connectivity index (χ4v) is 6.48. The summed E-state index contributed by atoms with van der Waals surface area (Å²) in [6.07, 6.45) is 5.80. The second-order valence-corrected chi connectivity index (χ2v) is 12.8. The molecular weight excluding hydrogens is 554 g/mol. The molecule has 2 aromatic rings. The summed E-state index contributed by atoms with van der Waals surface area (Å²) in [6, 6.07) is 17.9. The molecule has 11 heteroatoms. The Morgan fingerprint density at radius 1 is 1.07 bits per heavy atom. The van der Waals surface area contributed by atoms with Gasteiger partial charge in [-0.1, -0.05) is 53.7 Å². The van der Waals surface area contributed by atoms with Crippen molar-refractivity contribution >= 4 is 33.4 Å². The first-order valence-corrected chi connectivity index (χ1v) is 16.0. The highest BCUT2D eigenvalue weighted by molar-refractivity contribution is 7.88. The first-order chi connectivity index (χ1) is 19.2. The molecular formula is C29H38ClN3O6S. The van der Waals surface area contributed by atoms with E-state index in [0.717, 1.165) is 43.3 Å². The van der Waals surface area contributed by atoms with Crippen LogP contribution >= 0.6 is 11.6 Å². The number of hydrogen-bond acceptors (Lipinski definition) is 7. The largest absolute Gasteiger partial charge is 0.489 e. The van der Waals surface area contributed by atoms with E-state index in [9.17, 15) is 13.2 Å². The normalized spacial score (nSPS) is 25.4. The Morgan fingerprint density at radius 2 is 1.77 bits per heavy atom. The van der Waals surface area contributed by atoms with Gasteiger partial charge in [0, 0.05) is 6.04 Å². The minimum absolute atomic E-state index is 0.0127. The maximum absolute atomic E-state index is 13.1. The van der Waals surface area contributed by atoms with Crippen molar-refractivity contribution in [2.45, 2.75) is 69.6 Å². The van der Waals surface area contributed by atoms with Gasteiger partial charge in [0.05, 0.1) is 30.3 Å². The standard InChI is InChI=1S/C29H38ClN3O6S/c1-40(35,36)33-23-15-16-29(17-23,28(34)39-32-27(31)18-30)20-38-24-13-11-22(12-14-24)25-9-5-6-10-26(25)37-19-21-7-3-2-4-8-21/h2-10,22-24,33H,11-20H2,1H3,(H2,31,32)/t22?,23-,24?,29-/m0/s1. The first kappa shape index (κ1) is 30.3. The molecule has 2 aliphatic carbocycles. The average molecular weight is 592 g/mol. The highest BCUT2D eigenvalue weighted by Gasteiger charge is 2.48. The Kier molecular flexibility index (Phi) is 10.5. The molecule has 0 unspecified atom stereocenters. The summed E-state index contributed by atoms with van der Waals surface area (Å²) in [5.74, 6) is 0.592. The number of ether oxygens (including phenoxy) is 2. The van der Waals surface area contributed by atoms with Gasteiger partial charge in [0.15, 0.2) is 5.84 Å². The Balaban J connectivity index is 1.35. The summed E-state index contributed by atoms with van der Waals surface area (Å²) in [6.45, 7) is 0.639. The summed E-state index contributed by atoms with van der Waals surface area (Å²) in [7, 11) is -3.42. The number of nitrogens with two attached hydrogens (primary N) is 1. The molecule has 0 aromatic heterocycles. The van der Waals surface area contributed by atoms with Crippen LogP contribution in [-0.4, -0.2) is 51.1 Å². The molecule has 2 aromatic carbocycles. The molecule has 2 aliphatic rings. The van der Waals surface area contributed by atoms with E-state index >= 15 is 0 Å². The third-order valence-corrected chi connectivity index (χ3v) is 8.71. The van der Waals surface area contributed by atoms with E-state index in [2.05, 4.69) is 28.1 Å². The van der Waals surface area contributed by atoms with Crippen LogP contribution in [0.15, 0.2) is 59.8 Å². The van der Waals surface area contributed by atoms with Crippen LogP contribution in [-0.2, 0) is 31.0 Å². The smallest absolute Gasteiger partial charge is 0.343 e. The molecule has 9 nitrogen and oxygen atoms in total. The van der Waals surface area contributed by atoms with Gasteiger partial charge in [0.2, 0.25) is 10.0 Å². The number of halogens is 1. The van der Waals surface area contributed by atoms with Crippen LogP contribution in [0.5, 0.6) is 5.75 Å². The van der Waals surface area contributed by atoms with Gasteiger partial charge < -0.3 is 20.0 Å². The van der Waals surface area contributed by atoms with Gasteiger partial charge in [-0.3, -0.25) is 0 Å². The molecule has 0 saturated heterocycles. The lowest BCUT2D eigenvalue weighted by molar-refractivity contribution is -0.162. The zero-order valence-corrected chi connectivity index (χ0v) is 24.3. The van der Waals surface area contributed by atoms with E-state index in [0.29, 0.717) is 25.4 Å². The molecule has 218 valence electrons. The highest BCUT2D eigenvalue weighted by atomic mass is 35.5. The van der Waals surface area contributed by atoms with E-state index in [1.54, 1.807) is 0 Å². The molecule has 2 atom stereocenters. The van der Waals surface area contributed by atoms with Crippen LogP contribution in [0.2, 0.25) is 0 Å². The molecule has 0 spiro atoms. The van der Waals surface area contributed by atoms with Crippen LogP contribution in [0, 0.1) is 5.41 Å². The number of amidine groups is 1. The van der Waals surface area contributed by atoms with Gasteiger partial charge in [0.25, 0.3) is 0 Å². The summed E-state index contributed by atoms with van der Waals surface area (Å²) in [4.78, 5) is 18.2. The Hall–Kier alpha value is -2.66. The minimum atomic E-state index is -3.42. The second kappa shape index (κ2) is 13.8. The van der Waals surface area contributed by atoms with Gasteiger partial charge in [-0.15, -0.1) is 11.6 Å². The number of rotatable bonds is 12. The monoisotopic (exact) mass is 591 g/mol. The third-order valence-electron chi connectivity index (χ3n) is 7.67. The predicted octanol–water partition coefficient (Wildman–Crippen LogP) is 4.45. The number of benzene rings is 2. The maximum atomic E-state index is 13.1. The first-order valence-electron chi connectivity index (χ1n) is 13.6. The number of hydrogen-bond donors (Lipinski definition) is 2. The molecule has 2 fully saturated rings. The molecule has 40 heavy (non-hydrogen) atoms. The summed E-state index contributed by atoms with van der Waals surface area (Å²) in [5, 5.41) is 3.62. The van der Waals surface area contributed by atoms with Gasteiger partial charge >= 0.3 is 5.97 Å². The Labute approximate surface area is 241 Å². The van der Waals surface area contributed by atoms with Crippen molar-refractivity contribution in [1.82, 2.24) is 4.72 Å². The quantitative estimate of drug-likeness (QED) is 0.123. The number of oxime groups is 1. The SMILES string of the molecule is CS(=O)(=O)N[C@H]1CC[C@](COC2CCC(c3ccccc3OCc3ccccc3)CC2)(C(=O)O/N=C(\N)CCl)C1. The van der Waals surface area contributed by atoms with E-state index in [4.69, 9.17) is 31.6 Å². The maximum Gasteiger partial charge on any atom is 0.343 e. The van der Waals surface area contributed by atoms with E-state index in [1.807, 2.05) is 36.4 Å². The van der Waals surface area contributed by atoms with Crippen molar-refractivity contribution in [1.29, 1.82) is 0 Å². The van der Waals surface area contributed by atoms with Gasteiger partial charge in [-0.25, -0.2) is 17.9 Å². The zero-order chi connectivity index (χ0) is 28.6. The molecule has 0 bridgehead atoms. The lowest BCUT2D eigenvalue weighted by Crippen LogP contribution is -2.40. The number of nitrogens with zero attached hydrogens (tertiary/aromatic N) is 1. The number of nitrogens with one attached hydrogen (secondary N) is 1. The molecule has 0 amide bonds. The Morgan fingerprint density at radius 3 is 2.48 bits per heavy atom. The fraction of sp³-hybridized carbons (Fsp3) is 0.517. The van der Waals surface area contributed by atoms with Crippen molar-refractivity contribution in [3.63, 3.8) is 0 Å². The van der Waals surface area contributed by atoms with Crippen molar-refractivity contribution in [3.05, 3.63) is 65.7 Å². The second-order valence-electron chi connectivity index (χ2n) is 10.8. The topological polar surface area (TPSA) is 129 Å². The molecule has 0 radical (unpaired) electrons.